The molecule has 0 aromatic heterocycles. The smallest absolute Gasteiger partial charge is 0.312 e. The molecule has 0 aromatic rings. The van der Waals surface area contributed by atoms with Gasteiger partial charge in [0.15, 0.2) is 9.84 Å². The van der Waals surface area contributed by atoms with Gasteiger partial charge in [-0.2, -0.15) is 0 Å². The van der Waals surface area contributed by atoms with Crippen molar-refractivity contribution in [1.29, 1.82) is 0 Å². The minimum atomic E-state index is -3.08. The van der Waals surface area contributed by atoms with Crippen molar-refractivity contribution in [2.45, 2.75) is 12.5 Å². The van der Waals surface area contributed by atoms with Crippen LogP contribution >= 0.6 is 0 Å². The lowest BCUT2D eigenvalue weighted by Crippen LogP contribution is -2.49. The molecule has 19 heavy (non-hydrogen) atoms. The summed E-state index contributed by atoms with van der Waals surface area (Å²) >= 11 is 0. The molecule has 110 valence electrons. The van der Waals surface area contributed by atoms with E-state index < -0.39 is 27.7 Å². The zero-order valence-electron chi connectivity index (χ0n) is 11.5. The summed E-state index contributed by atoms with van der Waals surface area (Å²) in [6.07, 6.45) is 0.401. The topological polar surface area (TPSA) is 86.8 Å². The van der Waals surface area contributed by atoms with Crippen LogP contribution in [0, 0.1) is 0 Å². The number of rotatable bonds is 4. The van der Waals surface area contributed by atoms with Crippen LogP contribution in [0.25, 0.3) is 0 Å². The quantitative estimate of drug-likeness (QED) is 0.625. The summed E-state index contributed by atoms with van der Waals surface area (Å²) in [5.41, 5.74) is 0. The van der Waals surface area contributed by atoms with Crippen molar-refractivity contribution in [2.24, 2.45) is 0 Å². The third-order valence-electron chi connectivity index (χ3n) is 3.12. The van der Waals surface area contributed by atoms with Crippen molar-refractivity contribution in [2.75, 3.05) is 45.7 Å². The van der Waals surface area contributed by atoms with E-state index in [0.717, 1.165) is 0 Å². The predicted octanol–water partition coefficient (Wildman–Crippen LogP) is -1.69. The van der Waals surface area contributed by atoms with Gasteiger partial charge in [0.05, 0.1) is 11.5 Å². The fourth-order valence-corrected chi connectivity index (χ4v) is 3.75. The molecule has 1 saturated heterocycles. The van der Waals surface area contributed by atoms with E-state index in [4.69, 9.17) is 0 Å². The normalized spacial score (nSPS) is 21.4. The van der Waals surface area contributed by atoms with Gasteiger partial charge in [0.1, 0.15) is 0 Å². The van der Waals surface area contributed by atoms with Gasteiger partial charge in [-0.05, 0) is 20.5 Å². The molecule has 1 aliphatic rings. The number of sulfone groups is 1. The van der Waals surface area contributed by atoms with Crippen molar-refractivity contribution >= 4 is 21.7 Å². The van der Waals surface area contributed by atoms with Crippen LogP contribution in [0.15, 0.2) is 0 Å². The molecule has 0 aliphatic carbocycles. The molecule has 0 saturated carbocycles. The number of hydrogen-bond donors (Lipinski definition) is 1. The van der Waals surface area contributed by atoms with Crippen LogP contribution in [0.1, 0.15) is 6.42 Å². The second-order valence-electron chi connectivity index (χ2n) is 4.94. The molecule has 1 aliphatic heterocycles. The standard InChI is InChI=1S/C11H21N3O4S/c1-12-10(15)11(16)14(6-5-13(2)3)9-4-7-19(17,18)8-9/h9H,4-8H2,1-3H3,(H,12,15). The maximum absolute atomic E-state index is 12.0. The summed E-state index contributed by atoms with van der Waals surface area (Å²) in [6.45, 7) is 0.929. The molecule has 1 unspecified atom stereocenters. The first-order chi connectivity index (χ1) is 8.76. The molecule has 1 atom stereocenters. The lowest BCUT2D eigenvalue weighted by molar-refractivity contribution is -0.147. The fraction of sp³-hybridized carbons (Fsp3) is 0.818. The minimum Gasteiger partial charge on any atom is -0.351 e. The van der Waals surface area contributed by atoms with E-state index >= 15 is 0 Å². The van der Waals surface area contributed by atoms with E-state index in [-0.39, 0.29) is 11.5 Å². The zero-order valence-corrected chi connectivity index (χ0v) is 12.4. The highest BCUT2D eigenvalue weighted by atomic mass is 32.2. The van der Waals surface area contributed by atoms with Gasteiger partial charge in [0.25, 0.3) is 0 Å². The third-order valence-corrected chi connectivity index (χ3v) is 4.87. The molecule has 1 fully saturated rings. The van der Waals surface area contributed by atoms with E-state index in [0.29, 0.717) is 19.5 Å². The number of nitrogens with one attached hydrogen (secondary N) is 1. The molecule has 2 amide bonds. The Morgan fingerprint density at radius 2 is 1.89 bits per heavy atom. The Hall–Kier alpha value is -1.15. The van der Waals surface area contributed by atoms with Crippen LogP contribution < -0.4 is 5.32 Å². The summed E-state index contributed by atoms with van der Waals surface area (Å²) < 4.78 is 23.0. The summed E-state index contributed by atoms with van der Waals surface area (Å²) in [4.78, 5) is 26.7. The van der Waals surface area contributed by atoms with Crippen LogP contribution in [-0.4, -0.2) is 81.8 Å². The molecule has 0 aromatic carbocycles. The molecule has 0 radical (unpaired) electrons. The van der Waals surface area contributed by atoms with Crippen molar-refractivity contribution in [3.8, 4) is 0 Å². The SMILES string of the molecule is CNC(=O)C(=O)N(CCN(C)C)C1CCS(=O)(=O)C1. The number of carbonyl (C=O) groups is 2. The molecule has 8 heteroatoms. The Labute approximate surface area is 113 Å². The van der Waals surface area contributed by atoms with E-state index in [1.165, 1.54) is 11.9 Å². The molecule has 7 nitrogen and oxygen atoms in total. The number of amides is 2. The first kappa shape index (κ1) is 15.9. The second kappa shape index (κ2) is 6.33. The number of nitrogens with zero attached hydrogens (tertiary/aromatic N) is 2. The fourth-order valence-electron chi connectivity index (χ4n) is 2.02. The van der Waals surface area contributed by atoms with E-state index in [1.54, 1.807) is 0 Å². The van der Waals surface area contributed by atoms with Crippen molar-refractivity contribution in [1.82, 2.24) is 15.1 Å². The van der Waals surface area contributed by atoms with Gasteiger partial charge in [-0.1, -0.05) is 0 Å². The average Bonchev–Trinajstić information content (AvgIpc) is 2.68. The average molecular weight is 291 g/mol. The van der Waals surface area contributed by atoms with Crippen molar-refractivity contribution < 1.29 is 18.0 Å². The van der Waals surface area contributed by atoms with Gasteiger partial charge in [-0.15, -0.1) is 0 Å². The van der Waals surface area contributed by atoms with Gasteiger partial charge < -0.3 is 15.1 Å². The van der Waals surface area contributed by atoms with Gasteiger partial charge in [-0.3, -0.25) is 9.59 Å². The predicted molar refractivity (Wildman–Crippen MR) is 71.4 cm³/mol. The second-order valence-corrected chi connectivity index (χ2v) is 7.17. The lowest BCUT2D eigenvalue weighted by atomic mass is 10.2. The van der Waals surface area contributed by atoms with Crippen LogP contribution in [-0.2, 0) is 19.4 Å². The van der Waals surface area contributed by atoms with Gasteiger partial charge in [0.2, 0.25) is 0 Å². The van der Waals surface area contributed by atoms with Crippen LogP contribution in [0.2, 0.25) is 0 Å². The van der Waals surface area contributed by atoms with E-state index in [1.807, 2.05) is 19.0 Å². The Balaban J connectivity index is 2.80. The molecule has 1 heterocycles. The largest absolute Gasteiger partial charge is 0.351 e. The highest BCUT2D eigenvalue weighted by Crippen LogP contribution is 2.17. The van der Waals surface area contributed by atoms with Gasteiger partial charge in [0, 0.05) is 26.2 Å². The molecule has 0 bridgehead atoms. The zero-order chi connectivity index (χ0) is 14.6. The summed E-state index contributed by atoms with van der Waals surface area (Å²) in [5, 5.41) is 2.28. The summed E-state index contributed by atoms with van der Waals surface area (Å²) in [5.74, 6) is -1.34. The molecular weight excluding hydrogens is 270 g/mol. The van der Waals surface area contributed by atoms with Gasteiger partial charge >= 0.3 is 11.8 Å². The van der Waals surface area contributed by atoms with Crippen molar-refractivity contribution in [3.63, 3.8) is 0 Å². The van der Waals surface area contributed by atoms with Crippen LogP contribution in [0.3, 0.4) is 0 Å². The number of hydrogen-bond acceptors (Lipinski definition) is 5. The molecule has 1 N–H and O–H groups in total. The van der Waals surface area contributed by atoms with E-state index in [2.05, 4.69) is 5.32 Å². The Bertz CT molecular complexity index is 447. The maximum atomic E-state index is 12.0. The lowest BCUT2D eigenvalue weighted by Gasteiger charge is -2.28. The van der Waals surface area contributed by atoms with Crippen molar-refractivity contribution in [3.05, 3.63) is 0 Å². The first-order valence-corrected chi connectivity index (χ1v) is 7.97. The Morgan fingerprint density at radius 3 is 2.32 bits per heavy atom. The highest BCUT2D eigenvalue weighted by molar-refractivity contribution is 7.91. The molecular formula is C11H21N3O4S. The number of likely N-dealkylation sites (N-methyl/N-ethyl adjacent to an activating group) is 2. The maximum Gasteiger partial charge on any atom is 0.312 e. The summed E-state index contributed by atoms with van der Waals surface area (Å²) in [6, 6.07) is -0.394. The van der Waals surface area contributed by atoms with Gasteiger partial charge in [-0.25, -0.2) is 8.42 Å². The van der Waals surface area contributed by atoms with E-state index in [9.17, 15) is 18.0 Å². The third kappa shape index (κ3) is 4.46. The molecule has 1 rings (SSSR count). The molecule has 0 spiro atoms. The Kier molecular flexibility index (Phi) is 5.30. The number of carbonyl (C=O) groups excluding carboxylic acids is 2. The first-order valence-electron chi connectivity index (χ1n) is 6.14. The summed E-state index contributed by atoms with van der Waals surface area (Å²) in [7, 11) is 2.01. The van der Waals surface area contributed by atoms with Crippen LogP contribution in [0.5, 0.6) is 0 Å². The minimum absolute atomic E-state index is 0.0524. The Morgan fingerprint density at radius 1 is 1.26 bits per heavy atom. The monoisotopic (exact) mass is 291 g/mol. The highest BCUT2D eigenvalue weighted by Gasteiger charge is 2.36. The van der Waals surface area contributed by atoms with Crippen LogP contribution in [0.4, 0.5) is 0 Å².